The van der Waals surface area contributed by atoms with Crippen LogP contribution in [0.15, 0.2) is 35.4 Å². The van der Waals surface area contributed by atoms with Crippen molar-refractivity contribution in [2.24, 2.45) is 0 Å². The molecule has 19 heavy (non-hydrogen) atoms. The predicted molar refractivity (Wildman–Crippen MR) is 77.5 cm³/mol. The lowest BCUT2D eigenvalue weighted by molar-refractivity contribution is 0.207. The van der Waals surface area contributed by atoms with Gasteiger partial charge < -0.3 is 10.2 Å². The Labute approximate surface area is 118 Å². The Hall–Kier alpha value is -1.48. The highest BCUT2D eigenvalue weighted by molar-refractivity contribution is 6.33. The van der Waals surface area contributed by atoms with Gasteiger partial charge in [-0.15, -0.1) is 0 Å². The van der Waals surface area contributed by atoms with Crippen LogP contribution in [0.25, 0.3) is 0 Å². The number of carbonyl (C=O) groups is 1. The van der Waals surface area contributed by atoms with E-state index in [4.69, 9.17) is 11.6 Å². The number of allylic oxidation sites excluding steroid dienone is 1. The van der Waals surface area contributed by atoms with Gasteiger partial charge in [-0.1, -0.05) is 34.9 Å². The summed E-state index contributed by atoms with van der Waals surface area (Å²) in [6.07, 6.45) is 4.62. The van der Waals surface area contributed by atoms with Gasteiger partial charge in [0.1, 0.15) is 0 Å². The second-order valence-corrected chi connectivity index (χ2v) is 5.51. The number of benzene rings is 1. The van der Waals surface area contributed by atoms with Gasteiger partial charge in [0.15, 0.2) is 0 Å². The quantitative estimate of drug-likeness (QED) is 0.771. The second-order valence-electron chi connectivity index (χ2n) is 5.10. The van der Waals surface area contributed by atoms with Crippen molar-refractivity contribution in [1.29, 1.82) is 0 Å². The number of amides is 2. The molecule has 0 spiro atoms. The molecule has 1 aromatic carbocycles. The average molecular weight is 277 g/mol. The molecule has 4 heteroatoms. The number of hydrogen-bond acceptors (Lipinski definition) is 1. The van der Waals surface area contributed by atoms with Gasteiger partial charge in [0.2, 0.25) is 0 Å². The molecule has 2 aliphatic rings. The number of piperidine rings is 1. The molecule has 0 bridgehead atoms. The molecule has 0 aromatic heterocycles. The van der Waals surface area contributed by atoms with Gasteiger partial charge in [0, 0.05) is 13.1 Å². The maximum absolute atomic E-state index is 12.2. The first-order valence-electron chi connectivity index (χ1n) is 6.74. The number of para-hydroxylation sites is 1. The third-order valence-corrected chi connectivity index (χ3v) is 4.10. The van der Waals surface area contributed by atoms with E-state index in [1.54, 1.807) is 17.2 Å². The summed E-state index contributed by atoms with van der Waals surface area (Å²) in [6.45, 7) is 1.63. The number of carbonyl (C=O) groups excluding carboxylic acids is 1. The zero-order chi connectivity index (χ0) is 13.2. The third kappa shape index (κ3) is 2.92. The van der Waals surface area contributed by atoms with Crippen LogP contribution in [0.1, 0.15) is 25.7 Å². The zero-order valence-corrected chi connectivity index (χ0v) is 11.5. The molecule has 1 aliphatic carbocycles. The van der Waals surface area contributed by atoms with E-state index < -0.39 is 0 Å². The zero-order valence-electron chi connectivity index (χ0n) is 10.8. The minimum atomic E-state index is -0.0482. The van der Waals surface area contributed by atoms with Crippen molar-refractivity contribution in [3.63, 3.8) is 0 Å². The van der Waals surface area contributed by atoms with Crippen LogP contribution in [0.5, 0.6) is 0 Å². The first kappa shape index (κ1) is 12.5. The van der Waals surface area contributed by atoms with E-state index in [-0.39, 0.29) is 6.03 Å². The fraction of sp³-hybridized carbons (Fsp3) is 0.400. The molecule has 2 amide bonds. The largest absolute Gasteiger partial charge is 0.324 e. The Morgan fingerprint density at radius 2 is 1.68 bits per heavy atom. The predicted octanol–water partition coefficient (Wildman–Crippen LogP) is 4.06. The molecular weight excluding hydrogens is 260 g/mol. The molecule has 0 unspecified atom stereocenters. The van der Waals surface area contributed by atoms with Crippen LogP contribution in [0.4, 0.5) is 10.5 Å². The van der Waals surface area contributed by atoms with Crippen LogP contribution < -0.4 is 5.32 Å². The first-order chi connectivity index (χ1) is 9.24. The topological polar surface area (TPSA) is 32.3 Å². The average Bonchev–Trinajstić information content (AvgIpc) is 3.26. The van der Waals surface area contributed by atoms with Gasteiger partial charge in [0.05, 0.1) is 10.7 Å². The van der Waals surface area contributed by atoms with Gasteiger partial charge in [-0.25, -0.2) is 4.79 Å². The fourth-order valence-corrected chi connectivity index (χ4v) is 2.69. The monoisotopic (exact) mass is 276 g/mol. The minimum absolute atomic E-state index is 0.0482. The number of nitrogens with zero attached hydrogens (tertiary/aromatic N) is 1. The summed E-state index contributed by atoms with van der Waals surface area (Å²) in [5, 5.41) is 3.46. The Morgan fingerprint density at radius 1 is 1.05 bits per heavy atom. The van der Waals surface area contributed by atoms with Crippen molar-refractivity contribution in [2.75, 3.05) is 18.4 Å². The van der Waals surface area contributed by atoms with E-state index in [0.29, 0.717) is 10.7 Å². The van der Waals surface area contributed by atoms with E-state index in [9.17, 15) is 4.79 Å². The van der Waals surface area contributed by atoms with Crippen molar-refractivity contribution >= 4 is 23.3 Å². The molecule has 0 radical (unpaired) electrons. The summed E-state index contributed by atoms with van der Waals surface area (Å²) >= 11 is 6.04. The summed E-state index contributed by atoms with van der Waals surface area (Å²) < 4.78 is 0. The lowest BCUT2D eigenvalue weighted by Crippen LogP contribution is -2.39. The van der Waals surface area contributed by atoms with E-state index in [0.717, 1.165) is 25.9 Å². The normalized spacial score (nSPS) is 18.5. The van der Waals surface area contributed by atoms with Crippen molar-refractivity contribution in [3.05, 3.63) is 40.4 Å². The highest BCUT2D eigenvalue weighted by Crippen LogP contribution is 2.36. The summed E-state index contributed by atoms with van der Waals surface area (Å²) in [4.78, 5) is 14.0. The molecule has 1 heterocycles. The van der Waals surface area contributed by atoms with Gasteiger partial charge in [-0.3, -0.25) is 0 Å². The molecule has 1 aliphatic heterocycles. The van der Waals surface area contributed by atoms with Crippen LogP contribution in [0.2, 0.25) is 5.02 Å². The molecule has 2 fully saturated rings. The highest BCUT2D eigenvalue weighted by atomic mass is 35.5. The molecule has 1 aromatic rings. The number of likely N-dealkylation sites (tertiary alicyclic amines) is 1. The summed E-state index contributed by atoms with van der Waals surface area (Å²) in [5.41, 5.74) is 3.90. The summed E-state index contributed by atoms with van der Waals surface area (Å²) in [5.74, 6) is 0. The van der Waals surface area contributed by atoms with Crippen molar-refractivity contribution in [2.45, 2.75) is 25.7 Å². The third-order valence-electron chi connectivity index (χ3n) is 3.77. The fourth-order valence-electron chi connectivity index (χ4n) is 2.51. The molecule has 3 nitrogen and oxygen atoms in total. The lowest BCUT2D eigenvalue weighted by Gasteiger charge is -2.28. The minimum Gasteiger partial charge on any atom is -0.324 e. The molecule has 1 saturated heterocycles. The number of nitrogens with one attached hydrogen (secondary N) is 1. The molecule has 1 N–H and O–H groups in total. The van der Waals surface area contributed by atoms with Crippen LogP contribution in [-0.2, 0) is 0 Å². The Morgan fingerprint density at radius 3 is 2.32 bits per heavy atom. The summed E-state index contributed by atoms with van der Waals surface area (Å²) in [6, 6.07) is 7.28. The SMILES string of the molecule is O=C(Nc1ccccc1Cl)N1CCC(=C2CC2)CC1. The Bertz CT molecular complexity index is 523. The Kier molecular flexibility index (Phi) is 3.47. The molecular formula is C15H17ClN2O. The number of urea groups is 1. The number of anilines is 1. The van der Waals surface area contributed by atoms with Gasteiger partial charge in [-0.2, -0.15) is 0 Å². The van der Waals surface area contributed by atoms with Crippen LogP contribution in [0.3, 0.4) is 0 Å². The number of halogens is 1. The van der Waals surface area contributed by atoms with Gasteiger partial charge in [0.25, 0.3) is 0 Å². The summed E-state index contributed by atoms with van der Waals surface area (Å²) in [7, 11) is 0. The number of hydrogen-bond donors (Lipinski definition) is 1. The molecule has 1 saturated carbocycles. The van der Waals surface area contributed by atoms with Gasteiger partial charge >= 0.3 is 6.03 Å². The first-order valence-corrected chi connectivity index (χ1v) is 7.12. The van der Waals surface area contributed by atoms with Gasteiger partial charge in [-0.05, 0) is 37.8 Å². The van der Waals surface area contributed by atoms with E-state index >= 15 is 0 Å². The van der Waals surface area contributed by atoms with Crippen molar-refractivity contribution < 1.29 is 4.79 Å². The lowest BCUT2D eigenvalue weighted by atomic mass is 10.0. The second kappa shape index (κ2) is 5.25. The van der Waals surface area contributed by atoms with Crippen molar-refractivity contribution in [3.8, 4) is 0 Å². The van der Waals surface area contributed by atoms with Crippen LogP contribution in [-0.4, -0.2) is 24.0 Å². The van der Waals surface area contributed by atoms with Crippen LogP contribution >= 0.6 is 11.6 Å². The van der Waals surface area contributed by atoms with Crippen molar-refractivity contribution in [1.82, 2.24) is 4.90 Å². The standard InChI is InChI=1S/C15H17ClN2O/c16-13-3-1-2-4-14(13)17-15(19)18-9-7-12(8-10-18)11-5-6-11/h1-4H,5-10H2,(H,17,19). The smallest absolute Gasteiger partial charge is 0.321 e. The maximum Gasteiger partial charge on any atom is 0.321 e. The van der Waals surface area contributed by atoms with E-state index in [2.05, 4.69) is 5.32 Å². The van der Waals surface area contributed by atoms with Crippen LogP contribution in [0, 0.1) is 0 Å². The Balaban J connectivity index is 1.59. The van der Waals surface area contributed by atoms with E-state index in [1.165, 1.54) is 12.8 Å². The van der Waals surface area contributed by atoms with E-state index in [1.807, 2.05) is 23.1 Å². The highest BCUT2D eigenvalue weighted by Gasteiger charge is 2.24. The number of rotatable bonds is 1. The molecule has 100 valence electrons. The molecule has 0 atom stereocenters. The molecule has 3 rings (SSSR count). The maximum atomic E-state index is 12.2.